The van der Waals surface area contributed by atoms with Gasteiger partial charge in [-0.25, -0.2) is 0 Å². The zero-order valence-corrected chi connectivity index (χ0v) is 10.3. The van der Waals surface area contributed by atoms with Crippen molar-refractivity contribution in [2.75, 3.05) is 6.61 Å². The Hall–Kier alpha value is -0.910. The number of nitrogens with zero attached hydrogens (tertiary/aromatic N) is 1. The van der Waals surface area contributed by atoms with Crippen molar-refractivity contribution in [3.63, 3.8) is 0 Å². The molecule has 16 heavy (non-hydrogen) atoms. The van der Waals surface area contributed by atoms with E-state index in [4.69, 9.17) is 27.6 Å². The molecular formula is C10H13ClN2O2S. The van der Waals surface area contributed by atoms with E-state index in [1.165, 1.54) is 11.8 Å². The van der Waals surface area contributed by atoms with E-state index in [0.717, 1.165) is 4.90 Å². The number of amidine groups is 1. The number of thioether (sulfide) groups is 1. The number of halogens is 1. The molecule has 0 aliphatic heterocycles. The van der Waals surface area contributed by atoms with E-state index in [0.29, 0.717) is 10.6 Å². The van der Waals surface area contributed by atoms with Crippen molar-refractivity contribution in [3.8, 4) is 0 Å². The molecule has 1 atom stereocenters. The number of nitrogens with two attached hydrogens (primary N) is 1. The topological polar surface area (TPSA) is 78.8 Å². The van der Waals surface area contributed by atoms with Gasteiger partial charge in [-0.1, -0.05) is 23.7 Å². The lowest BCUT2D eigenvalue weighted by atomic mass is 10.2. The fourth-order valence-corrected chi connectivity index (χ4v) is 2.31. The number of oxime groups is 1. The molecule has 0 spiro atoms. The summed E-state index contributed by atoms with van der Waals surface area (Å²) in [5.41, 5.74) is 5.93. The Labute approximate surface area is 103 Å². The number of hydrogen-bond donors (Lipinski definition) is 3. The van der Waals surface area contributed by atoms with E-state index < -0.39 is 0 Å². The molecule has 0 saturated heterocycles. The number of benzene rings is 1. The summed E-state index contributed by atoms with van der Waals surface area (Å²) in [7, 11) is 0. The molecule has 6 heteroatoms. The molecule has 88 valence electrons. The van der Waals surface area contributed by atoms with Crippen LogP contribution in [-0.4, -0.2) is 28.0 Å². The smallest absolute Gasteiger partial charge is 0.171 e. The average molecular weight is 261 g/mol. The standard InChI is InChI=1S/C10H13ClN2O2S/c1-6(5-14)16-7-2-3-8(9(11)4-7)10(12)13-15/h2-4,6,14-15H,5H2,1H3,(H2,12,13). The third-order valence-corrected chi connectivity index (χ3v) is 3.31. The number of aliphatic hydroxyl groups excluding tert-OH is 1. The zero-order valence-electron chi connectivity index (χ0n) is 8.72. The Balaban J connectivity index is 2.91. The Morgan fingerprint density at radius 3 is 2.81 bits per heavy atom. The van der Waals surface area contributed by atoms with Crippen LogP contribution in [0.5, 0.6) is 0 Å². The van der Waals surface area contributed by atoms with Gasteiger partial charge in [0.25, 0.3) is 0 Å². The Morgan fingerprint density at radius 2 is 2.31 bits per heavy atom. The van der Waals surface area contributed by atoms with Crippen LogP contribution in [0.4, 0.5) is 0 Å². The highest BCUT2D eigenvalue weighted by molar-refractivity contribution is 8.00. The van der Waals surface area contributed by atoms with Gasteiger partial charge in [0.2, 0.25) is 0 Å². The van der Waals surface area contributed by atoms with Gasteiger partial charge in [-0.2, -0.15) is 0 Å². The highest BCUT2D eigenvalue weighted by Crippen LogP contribution is 2.27. The molecule has 0 radical (unpaired) electrons. The van der Waals surface area contributed by atoms with Crippen LogP contribution in [0.1, 0.15) is 12.5 Å². The Kier molecular flexibility index (Phi) is 4.92. The van der Waals surface area contributed by atoms with Crippen molar-refractivity contribution in [1.29, 1.82) is 0 Å². The van der Waals surface area contributed by atoms with Crippen molar-refractivity contribution in [1.82, 2.24) is 0 Å². The summed E-state index contributed by atoms with van der Waals surface area (Å²) >= 11 is 7.49. The van der Waals surface area contributed by atoms with Gasteiger partial charge in [0.1, 0.15) is 0 Å². The van der Waals surface area contributed by atoms with Crippen molar-refractivity contribution in [3.05, 3.63) is 28.8 Å². The van der Waals surface area contributed by atoms with Crippen LogP contribution in [0.2, 0.25) is 5.02 Å². The monoisotopic (exact) mass is 260 g/mol. The quantitative estimate of drug-likeness (QED) is 0.254. The van der Waals surface area contributed by atoms with Crippen molar-refractivity contribution >= 4 is 29.2 Å². The fourth-order valence-electron chi connectivity index (χ4n) is 1.10. The second-order valence-electron chi connectivity index (χ2n) is 3.24. The van der Waals surface area contributed by atoms with Gasteiger partial charge in [-0.3, -0.25) is 0 Å². The number of hydrogen-bond acceptors (Lipinski definition) is 4. The van der Waals surface area contributed by atoms with Crippen LogP contribution in [0.25, 0.3) is 0 Å². The molecule has 1 aromatic carbocycles. The maximum Gasteiger partial charge on any atom is 0.171 e. The highest BCUT2D eigenvalue weighted by atomic mass is 35.5. The van der Waals surface area contributed by atoms with Crippen LogP contribution in [-0.2, 0) is 0 Å². The molecule has 0 bridgehead atoms. The molecule has 0 aliphatic carbocycles. The van der Waals surface area contributed by atoms with Gasteiger partial charge in [-0.15, -0.1) is 11.8 Å². The van der Waals surface area contributed by atoms with Crippen LogP contribution in [0.15, 0.2) is 28.3 Å². The minimum absolute atomic E-state index is 0.0169. The maximum atomic E-state index is 8.92. The first kappa shape index (κ1) is 13.2. The molecule has 0 aromatic heterocycles. The highest BCUT2D eigenvalue weighted by Gasteiger charge is 2.08. The molecule has 0 saturated carbocycles. The third kappa shape index (κ3) is 3.30. The molecule has 4 nitrogen and oxygen atoms in total. The first-order valence-corrected chi connectivity index (χ1v) is 5.89. The van der Waals surface area contributed by atoms with Gasteiger partial charge in [-0.05, 0) is 18.2 Å². The average Bonchev–Trinajstić information content (AvgIpc) is 2.28. The summed E-state index contributed by atoms with van der Waals surface area (Å²) in [6.45, 7) is 2.01. The van der Waals surface area contributed by atoms with Gasteiger partial charge >= 0.3 is 0 Å². The van der Waals surface area contributed by atoms with Gasteiger partial charge in [0.15, 0.2) is 5.84 Å². The van der Waals surface area contributed by atoms with Gasteiger partial charge in [0, 0.05) is 15.7 Å². The molecule has 1 unspecified atom stereocenters. The second kappa shape index (κ2) is 5.98. The molecule has 1 aromatic rings. The predicted octanol–water partition coefficient (Wildman–Crippen LogP) is 1.91. The summed E-state index contributed by atoms with van der Waals surface area (Å²) in [5.74, 6) is -0.0169. The van der Waals surface area contributed by atoms with Crippen molar-refractivity contribution in [2.24, 2.45) is 10.9 Å². The lowest BCUT2D eigenvalue weighted by molar-refractivity contribution is 0.300. The minimum Gasteiger partial charge on any atom is -0.409 e. The molecule has 1 rings (SSSR count). The van der Waals surface area contributed by atoms with Crippen LogP contribution < -0.4 is 5.73 Å². The maximum absolute atomic E-state index is 8.92. The SMILES string of the molecule is CC(CO)Sc1ccc(/C(N)=N/O)c(Cl)c1. The normalized spacial score (nSPS) is 13.8. The Bertz CT molecular complexity index is 398. The van der Waals surface area contributed by atoms with Crippen molar-refractivity contribution in [2.45, 2.75) is 17.1 Å². The number of rotatable bonds is 4. The first-order valence-electron chi connectivity index (χ1n) is 4.63. The largest absolute Gasteiger partial charge is 0.409 e. The minimum atomic E-state index is -0.0169. The molecule has 0 aliphatic rings. The summed E-state index contributed by atoms with van der Waals surface area (Å²) in [6.07, 6.45) is 0. The van der Waals surface area contributed by atoms with E-state index in [2.05, 4.69) is 5.16 Å². The van der Waals surface area contributed by atoms with Crippen molar-refractivity contribution < 1.29 is 10.3 Å². The van der Waals surface area contributed by atoms with Gasteiger partial charge in [0.05, 0.1) is 11.6 Å². The van der Waals surface area contributed by atoms with E-state index >= 15 is 0 Å². The van der Waals surface area contributed by atoms with Gasteiger partial charge < -0.3 is 16.0 Å². The molecule has 0 amide bonds. The number of aliphatic hydroxyl groups is 1. The van der Waals surface area contributed by atoms with Crippen LogP contribution in [0.3, 0.4) is 0 Å². The lowest BCUT2D eigenvalue weighted by Crippen LogP contribution is -2.13. The first-order chi connectivity index (χ1) is 7.58. The van der Waals surface area contributed by atoms with Crippen LogP contribution >= 0.6 is 23.4 Å². The summed E-state index contributed by atoms with van der Waals surface area (Å²) in [6, 6.07) is 5.23. The van der Waals surface area contributed by atoms with E-state index in [9.17, 15) is 0 Å². The predicted molar refractivity (Wildman–Crippen MR) is 66.4 cm³/mol. The zero-order chi connectivity index (χ0) is 12.1. The third-order valence-electron chi connectivity index (χ3n) is 1.92. The lowest BCUT2D eigenvalue weighted by Gasteiger charge is -2.09. The molecule has 0 fully saturated rings. The summed E-state index contributed by atoms with van der Waals surface area (Å²) in [5, 5.41) is 20.9. The second-order valence-corrected chi connectivity index (χ2v) is 5.16. The Morgan fingerprint density at radius 1 is 1.62 bits per heavy atom. The molecule has 0 heterocycles. The van der Waals surface area contributed by atoms with E-state index in [1.54, 1.807) is 12.1 Å². The summed E-state index contributed by atoms with van der Waals surface area (Å²) < 4.78 is 0. The van der Waals surface area contributed by atoms with Crippen LogP contribution in [0, 0.1) is 0 Å². The molecule has 4 N–H and O–H groups in total. The molecular weight excluding hydrogens is 248 g/mol. The van der Waals surface area contributed by atoms with E-state index in [1.807, 2.05) is 13.0 Å². The summed E-state index contributed by atoms with van der Waals surface area (Å²) in [4.78, 5) is 0.932. The fraction of sp³-hybridized carbons (Fsp3) is 0.300. The van der Waals surface area contributed by atoms with E-state index in [-0.39, 0.29) is 17.7 Å².